The lowest BCUT2D eigenvalue weighted by Gasteiger charge is -2.56. The van der Waals surface area contributed by atoms with Gasteiger partial charge in [0.1, 0.15) is 0 Å². The minimum absolute atomic E-state index is 0.0115. The lowest BCUT2D eigenvalue weighted by molar-refractivity contribution is -0.0464. The van der Waals surface area contributed by atoms with Gasteiger partial charge in [0.2, 0.25) is 0 Å². The van der Waals surface area contributed by atoms with E-state index in [-0.39, 0.29) is 23.4 Å². The minimum Gasteiger partial charge on any atom is -0.396 e. The number of hydrogen-bond donors (Lipinski definition) is 3. The molecule has 0 radical (unpaired) electrons. The molecular formula is C20H30O3. The highest BCUT2D eigenvalue weighted by Gasteiger charge is 2.53. The summed E-state index contributed by atoms with van der Waals surface area (Å²) in [5.74, 6) is 0.282. The molecule has 3 heteroatoms. The zero-order valence-corrected chi connectivity index (χ0v) is 14.8. The maximum Gasteiger partial charge on any atom is 0.0840 e. The fourth-order valence-electron chi connectivity index (χ4n) is 5.12. The van der Waals surface area contributed by atoms with E-state index in [2.05, 4.69) is 19.9 Å². The summed E-state index contributed by atoms with van der Waals surface area (Å²) in [6.07, 6.45) is 3.39. The predicted molar refractivity (Wildman–Crippen MR) is 91.1 cm³/mol. The number of aliphatic hydroxyl groups excluding tert-OH is 2. The van der Waals surface area contributed by atoms with E-state index in [0.29, 0.717) is 6.42 Å². The van der Waals surface area contributed by atoms with Gasteiger partial charge in [0.05, 0.1) is 11.7 Å². The first-order chi connectivity index (χ1) is 10.6. The second kappa shape index (κ2) is 5.30. The smallest absolute Gasteiger partial charge is 0.0840 e. The Labute approximate surface area is 139 Å². The minimum atomic E-state index is -0.904. The molecule has 0 aliphatic heterocycles. The highest BCUT2D eigenvalue weighted by atomic mass is 16.3. The summed E-state index contributed by atoms with van der Waals surface area (Å²) in [6, 6.07) is 6.07. The maximum atomic E-state index is 10.8. The molecule has 128 valence electrons. The Hall–Kier alpha value is -0.900. The normalized spacial score (nSPS) is 37.2. The summed E-state index contributed by atoms with van der Waals surface area (Å²) in [4.78, 5) is 0. The molecule has 0 spiro atoms. The fraction of sp³-hybridized carbons (Fsp3) is 0.700. The van der Waals surface area contributed by atoms with E-state index in [0.717, 1.165) is 30.4 Å². The van der Waals surface area contributed by atoms with Crippen molar-refractivity contribution in [1.29, 1.82) is 0 Å². The van der Waals surface area contributed by atoms with E-state index >= 15 is 0 Å². The number of fused-ring (bicyclic) bond motifs is 3. The monoisotopic (exact) mass is 318 g/mol. The van der Waals surface area contributed by atoms with Gasteiger partial charge in [0.25, 0.3) is 0 Å². The van der Waals surface area contributed by atoms with Gasteiger partial charge in [-0.15, -0.1) is 0 Å². The summed E-state index contributed by atoms with van der Waals surface area (Å²) in [5, 5.41) is 31.0. The molecule has 0 bridgehead atoms. The molecule has 1 aromatic carbocycles. The molecule has 1 aromatic rings. The van der Waals surface area contributed by atoms with Crippen LogP contribution >= 0.6 is 0 Å². The van der Waals surface area contributed by atoms with Crippen LogP contribution in [0.15, 0.2) is 18.2 Å². The van der Waals surface area contributed by atoms with Crippen molar-refractivity contribution in [3.63, 3.8) is 0 Å². The van der Waals surface area contributed by atoms with Crippen LogP contribution < -0.4 is 0 Å². The van der Waals surface area contributed by atoms with Crippen molar-refractivity contribution in [2.45, 2.75) is 70.5 Å². The van der Waals surface area contributed by atoms with E-state index < -0.39 is 11.7 Å². The zero-order chi connectivity index (χ0) is 17.0. The van der Waals surface area contributed by atoms with Crippen LogP contribution in [0.1, 0.15) is 76.2 Å². The van der Waals surface area contributed by atoms with Crippen LogP contribution in [0.3, 0.4) is 0 Å². The maximum absolute atomic E-state index is 10.8. The zero-order valence-electron chi connectivity index (χ0n) is 14.8. The average Bonchev–Trinajstić information content (AvgIpc) is 2.49. The van der Waals surface area contributed by atoms with E-state index in [1.807, 2.05) is 12.1 Å². The average molecular weight is 318 g/mol. The van der Waals surface area contributed by atoms with E-state index in [9.17, 15) is 15.3 Å². The summed E-state index contributed by atoms with van der Waals surface area (Å²) in [6.45, 7) is 8.18. The van der Waals surface area contributed by atoms with Gasteiger partial charge in [-0.1, -0.05) is 38.5 Å². The van der Waals surface area contributed by atoms with Crippen LogP contribution in [0.2, 0.25) is 0 Å². The van der Waals surface area contributed by atoms with Gasteiger partial charge in [-0.25, -0.2) is 0 Å². The molecule has 0 amide bonds. The lowest BCUT2D eigenvalue weighted by Crippen LogP contribution is -2.51. The SMILES string of the molecule is CC(C)(O)c1ccc2c(c1)[C@H](O)C[C@@H]1[C@](C)(CO)CCC[C@]21C. The van der Waals surface area contributed by atoms with Crippen LogP contribution in [0, 0.1) is 11.3 Å². The van der Waals surface area contributed by atoms with E-state index in [1.54, 1.807) is 13.8 Å². The van der Waals surface area contributed by atoms with Gasteiger partial charge < -0.3 is 15.3 Å². The molecule has 4 atom stereocenters. The van der Waals surface area contributed by atoms with Crippen molar-refractivity contribution < 1.29 is 15.3 Å². The third-order valence-electron chi connectivity index (χ3n) is 6.61. The first-order valence-electron chi connectivity index (χ1n) is 8.78. The van der Waals surface area contributed by atoms with Crippen LogP contribution in [0.25, 0.3) is 0 Å². The van der Waals surface area contributed by atoms with Gasteiger partial charge >= 0.3 is 0 Å². The van der Waals surface area contributed by atoms with Gasteiger partial charge in [0, 0.05) is 6.61 Å². The van der Waals surface area contributed by atoms with Crippen molar-refractivity contribution in [2.24, 2.45) is 11.3 Å². The lowest BCUT2D eigenvalue weighted by atomic mass is 9.49. The third kappa shape index (κ3) is 2.54. The first kappa shape index (κ1) is 16.9. The van der Waals surface area contributed by atoms with Crippen LogP contribution in [-0.2, 0) is 11.0 Å². The Morgan fingerprint density at radius 1 is 1.22 bits per heavy atom. The number of rotatable bonds is 2. The van der Waals surface area contributed by atoms with Crippen molar-refractivity contribution in [3.05, 3.63) is 34.9 Å². The van der Waals surface area contributed by atoms with Crippen molar-refractivity contribution in [1.82, 2.24) is 0 Å². The topological polar surface area (TPSA) is 60.7 Å². The molecule has 2 aliphatic rings. The Bertz CT molecular complexity index is 603. The van der Waals surface area contributed by atoms with Crippen LogP contribution in [0.4, 0.5) is 0 Å². The predicted octanol–water partition coefficient (Wildman–Crippen LogP) is 3.41. The van der Waals surface area contributed by atoms with Crippen molar-refractivity contribution >= 4 is 0 Å². The second-order valence-corrected chi connectivity index (χ2v) is 8.75. The largest absolute Gasteiger partial charge is 0.396 e. The molecule has 0 unspecified atom stereocenters. The molecule has 0 saturated heterocycles. The van der Waals surface area contributed by atoms with Crippen molar-refractivity contribution in [3.8, 4) is 0 Å². The van der Waals surface area contributed by atoms with Crippen molar-refractivity contribution in [2.75, 3.05) is 6.61 Å². The Morgan fingerprint density at radius 3 is 2.52 bits per heavy atom. The quantitative estimate of drug-likeness (QED) is 0.783. The van der Waals surface area contributed by atoms with E-state index in [4.69, 9.17) is 0 Å². The number of hydrogen-bond acceptors (Lipinski definition) is 3. The Balaban J connectivity index is 2.12. The summed E-state index contributed by atoms with van der Waals surface area (Å²) < 4.78 is 0. The van der Waals surface area contributed by atoms with Gasteiger partial charge in [-0.05, 0) is 66.5 Å². The van der Waals surface area contributed by atoms with Crippen LogP contribution in [-0.4, -0.2) is 21.9 Å². The highest BCUT2D eigenvalue weighted by Crippen LogP contribution is 2.59. The fourth-order valence-corrected chi connectivity index (χ4v) is 5.12. The molecule has 1 fully saturated rings. The van der Waals surface area contributed by atoms with E-state index in [1.165, 1.54) is 5.56 Å². The summed E-state index contributed by atoms with van der Waals surface area (Å²) in [7, 11) is 0. The summed E-state index contributed by atoms with van der Waals surface area (Å²) >= 11 is 0. The Morgan fingerprint density at radius 2 is 1.91 bits per heavy atom. The number of benzene rings is 1. The second-order valence-electron chi connectivity index (χ2n) is 8.75. The molecule has 23 heavy (non-hydrogen) atoms. The molecular weight excluding hydrogens is 288 g/mol. The number of aliphatic hydroxyl groups is 3. The standard InChI is InChI=1S/C20H30O3/c1-18(2,23)13-6-7-15-14(10-13)16(22)11-17-19(3,12-21)8-5-9-20(15,17)4/h6-7,10,16-17,21-23H,5,8-9,11-12H2,1-4H3/t16-,17-,19+,20-/m1/s1. The molecule has 2 aliphatic carbocycles. The van der Waals surface area contributed by atoms with Gasteiger partial charge in [-0.2, -0.15) is 0 Å². The van der Waals surface area contributed by atoms with Crippen LogP contribution in [0.5, 0.6) is 0 Å². The summed E-state index contributed by atoms with van der Waals surface area (Å²) in [5.41, 5.74) is 1.97. The molecule has 3 nitrogen and oxygen atoms in total. The Kier molecular flexibility index (Phi) is 3.90. The highest BCUT2D eigenvalue weighted by molar-refractivity contribution is 5.43. The molecule has 0 heterocycles. The third-order valence-corrected chi connectivity index (χ3v) is 6.61. The van der Waals surface area contributed by atoms with Gasteiger partial charge in [0.15, 0.2) is 0 Å². The molecule has 3 N–H and O–H groups in total. The molecule has 0 aromatic heterocycles. The van der Waals surface area contributed by atoms with Gasteiger partial charge in [-0.3, -0.25) is 0 Å². The molecule has 1 saturated carbocycles. The first-order valence-corrected chi connectivity index (χ1v) is 8.78. The molecule has 3 rings (SSSR count).